The second-order valence-corrected chi connectivity index (χ2v) is 5.35. The highest BCUT2D eigenvalue weighted by molar-refractivity contribution is 7.20. The lowest BCUT2D eigenvalue weighted by atomic mass is 9.99. The average molecular weight is 245 g/mol. The van der Waals surface area contributed by atoms with Crippen molar-refractivity contribution in [1.82, 2.24) is 5.32 Å². The number of nitrogens with one attached hydrogen (secondary N) is 2. The summed E-state index contributed by atoms with van der Waals surface area (Å²) in [6, 6.07) is 3.63. The first-order valence-electron chi connectivity index (χ1n) is 5.02. The van der Waals surface area contributed by atoms with Crippen LogP contribution >= 0.6 is 22.9 Å². The minimum atomic E-state index is 0.0969. The molecule has 0 aromatic carbocycles. The summed E-state index contributed by atoms with van der Waals surface area (Å²) in [5, 5.41) is 6.94. The zero-order chi connectivity index (χ0) is 10.7. The molecule has 5 heteroatoms. The number of piperidine rings is 1. The van der Waals surface area contributed by atoms with Gasteiger partial charge in [0.25, 0.3) is 0 Å². The summed E-state index contributed by atoms with van der Waals surface area (Å²) in [7, 11) is 0. The lowest BCUT2D eigenvalue weighted by molar-refractivity contribution is -0.120. The van der Waals surface area contributed by atoms with Gasteiger partial charge in [-0.05, 0) is 31.5 Å². The van der Waals surface area contributed by atoms with Crippen LogP contribution in [-0.4, -0.2) is 19.0 Å². The summed E-state index contributed by atoms with van der Waals surface area (Å²) in [5.74, 6) is 0.195. The van der Waals surface area contributed by atoms with Crippen molar-refractivity contribution in [2.24, 2.45) is 5.92 Å². The molecule has 0 radical (unpaired) electrons. The highest BCUT2D eigenvalue weighted by atomic mass is 35.5. The van der Waals surface area contributed by atoms with Gasteiger partial charge in [0.1, 0.15) is 0 Å². The lowest BCUT2D eigenvalue weighted by Gasteiger charge is -2.21. The van der Waals surface area contributed by atoms with E-state index in [1.165, 1.54) is 11.3 Å². The minimum Gasteiger partial charge on any atom is -0.317 e. The normalized spacial score (nSPS) is 21.3. The van der Waals surface area contributed by atoms with Crippen LogP contribution in [0.4, 0.5) is 5.00 Å². The number of hydrogen-bond acceptors (Lipinski definition) is 3. The first kappa shape index (κ1) is 10.9. The molecular weight excluding hydrogens is 232 g/mol. The third-order valence-corrected chi connectivity index (χ3v) is 3.63. The van der Waals surface area contributed by atoms with Crippen LogP contribution in [0.15, 0.2) is 12.1 Å². The number of carbonyl (C=O) groups is 1. The van der Waals surface area contributed by atoms with Gasteiger partial charge in [-0.25, -0.2) is 0 Å². The molecule has 1 saturated heterocycles. The van der Waals surface area contributed by atoms with Gasteiger partial charge in [-0.3, -0.25) is 4.79 Å². The van der Waals surface area contributed by atoms with Gasteiger partial charge in [0.2, 0.25) is 5.91 Å². The second-order valence-electron chi connectivity index (χ2n) is 3.64. The van der Waals surface area contributed by atoms with Crippen LogP contribution in [0.2, 0.25) is 4.34 Å². The van der Waals surface area contributed by atoms with Gasteiger partial charge in [0, 0.05) is 6.54 Å². The van der Waals surface area contributed by atoms with E-state index in [1.807, 2.05) is 6.07 Å². The van der Waals surface area contributed by atoms with Crippen molar-refractivity contribution >= 4 is 33.8 Å². The smallest absolute Gasteiger partial charge is 0.229 e. The topological polar surface area (TPSA) is 41.1 Å². The molecule has 1 aliphatic rings. The number of anilines is 1. The molecule has 2 rings (SSSR count). The van der Waals surface area contributed by atoms with E-state index in [0.29, 0.717) is 4.34 Å². The van der Waals surface area contributed by atoms with Crippen LogP contribution in [0, 0.1) is 5.92 Å². The van der Waals surface area contributed by atoms with Gasteiger partial charge in [0.15, 0.2) is 0 Å². The molecule has 3 nitrogen and oxygen atoms in total. The van der Waals surface area contributed by atoms with Gasteiger partial charge in [-0.1, -0.05) is 11.6 Å². The third kappa shape index (κ3) is 2.93. The van der Waals surface area contributed by atoms with E-state index in [4.69, 9.17) is 11.6 Å². The summed E-state index contributed by atoms with van der Waals surface area (Å²) in [6.45, 7) is 1.81. The van der Waals surface area contributed by atoms with E-state index in [1.54, 1.807) is 6.07 Å². The first-order valence-corrected chi connectivity index (χ1v) is 6.22. The van der Waals surface area contributed by atoms with Gasteiger partial charge in [-0.2, -0.15) is 0 Å². The molecule has 0 aliphatic carbocycles. The monoisotopic (exact) mass is 244 g/mol. The Kier molecular flexibility index (Phi) is 3.61. The molecule has 1 unspecified atom stereocenters. The Balaban J connectivity index is 1.91. The van der Waals surface area contributed by atoms with Crippen molar-refractivity contribution in [1.29, 1.82) is 0 Å². The predicted molar refractivity (Wildman–Crippen MR) is 63.6 cm³/mol. The van der Waals surface area contributed by atoms with Gasteiger partial charge < -0.3 is 10.6 Å². The number of carbonyl (C=O) groups excluding carboxylic acids is 1. The second kappa shape index (κ2) is 4.96. The summed E-state index contributed by atoms with van der Waals surface area (Å²) >= 11 is 7.18. The maximum absolute atomic E-state index is 11.8. The van der Waals surface area contributed by atoms with Crippen LogP contribution in [0.5, 0.6) is 0 Å². The maximum Gasteiger partial charge on any atom is 0.229 e. The Bertz CT molecular complexity index is 347. The Morgan fingerprint density at radius 2 is 2.47 bits per heavy atom. The first-order chi connectivity index (χ1) is 7.25. The number of hydrogen-bond donors (Lipinski definition) is 2. The molecule has 1 aromatic rings. The molecule has 1 atom stereocenters. The molecular formula is C10H13ClN2OS. The molecule has 15 heavy (non-hydrogen) atoms. The fraction of sp³-hybridized carbons (Fsp3) is 0.500. The van der Waals surface area contributed by atoms with Crippen molar-refractivity contribution in [2.75, 3.05) is 18.4 Å². The highest BCUT2D eigenvalue weighted by Gasteiger charge is 2.21. The Hall–Kier alpha value is -0.580. The molecule has 1 aromatic heterocycles. The summed E-state index contributed by atoms with van der Waals surface area (Å²) < 4.78 is 0.701. The zero-order valence-corrected chi connectivity index (χ0v) is 9.83. The zero-order valence-electron chi connectivity index (χ0n) is 8.25. The fourth-order valence-electron chi connectivity index (χ4n) is 1.68. The molecule has 82 valence electrons. The van der Waals surface area contributed by atoms with E-state index < -0.39 is 0 Å². The van der Waals surface area contributed by atoms with Crippen molar-refractivity contribution in [2.45, 2.75) is 12.8 Å². The molecule has 2 heterocycles. The SMILES string of the molecule is O=C(Nc1ccc(Cl)s1)C1CCCNC1. The lowest BCUT2D eigenvalue weighted by Crippen LogP contribution is -2.37. The molecule has 0 spiro atoms. The van der Waals surface area contributed by atoms with Gasteiger partial charge >= 0.3 is 0 Å². The number of amides is 1. The van der Waals surface area contributed by atoms with Crippen molar-refractivity contribution in [3.63, 3.8) is 0 Å². The van der Waals surface area contributed by atoms with E-state index in [2.05, 4.69) is 10.6 Å². The third-order valence-electron chi connectivity index (χ3n) is 2.49. The van der Waals surface area contributed by atoms with Crippen LogP contribution in [0.25, 0.3) is 0 Å². The highest BCUT2D eigenvalue weighted by Crippen LogP contribution is 2.26. The van der Waals surface area contributed by atoms with E-state index in [-0.39, 0.29) is 11.8 Å². The minimum absolute atomic E-state index is 0.0969. The van der Waals surface area contributed by atoms with Gasteiger partial charge in [-0.15, -0.1) is 11.3 Å². The largest absolute Gasteiger partial charge is 0.317 e. The van der Waals surface area contributed by atoms with Crippen LogP contribution in [-0.2, 0) is 4.79 Å². The van der Waals surface area contributed by atoms with Gasteiger partial charge in [0.05, 0.1) is 15.3 Å². The molecule has 0 bridgehead atoms. The Morgan fingerprint density at radius 3 is 3.07 bits per heavy atom. The van der Waals surface area contributed by atoms with E-state index in [9.17, 15) is 4.79 Å². The summed E-state index contributed by atoms with van der Waals surface area (Å²) in [5.41, 5.74) is 0. The molecule has 0 saturated carbocycles. The van der Waals surface area contributed by atoms with E-state index >= 15 is 0 Å². The Morgan fingerprint density at radius 1 is 1.60 bits per heavy atom. The van der Waals surface area contributed by atoms with Crippen molar-refractivity contribution < 1.29 is 4.79 Å². The number of halogens is 1. The van der Waals surface area contributed by atoms with Crippen LogP contribution in [0.3, 0.4) is 0 Å². The van der Waals surface area contributed by atoms with Crippen LogP contribution < -0.4 is 10.6 Å². The summed E-state index contributed by atoms with van der Waals surface area (Å²) in [6.07, 6.45) is 2.04. The van der Waals surface area contributed by atoms with Crippen molar-refractivity contribution in [3.05, 3.63) is 16.5 Å². The fourth-order valence-corrected chi connectivity index (χ4v) is 2.63. The number of rotatable bonds is 2. The molecule has 1 amide bonds. The molecule has 1 fully saturated rings. The quantitative estimate of drug-likeness (QED) is 0.839. The maximum atomic E-state index is 11.8. The molecule has 1 aliphatic heterocycles. The average Bonchev–Trinajstić information content (AvgIpc) is 2.65. The molecule has 2 N–H and O–H groups in total. The predicted octanol–water partition coefficient (Wildman–Crippen LogP) is 2.34. The Labute approximate surface area is 97.8 Å². The van der Waals surface area contributed by atoms with Crippen LogP contribution in [0.1, 0.15) is 12.8 Å². The number of thiophene rings is 1. The summed E-state index contributed by atoms with van der Waals surface area (Å²) in [4.78, 5) is 11.8. The van der Waals surface area contributed by atoms with E-state index in [0.717, 1.165) is 30.9 Å². The van der Waals surface area contributed by atoms with Crippen molar-refractivity contribution in [3.8, 4) is 0 Å². The standard InChI is InChI=1S/C10H13ClN2OS/c11-8-3-4-9(15-8)13-10(14)7-2-1-5-12-6-7/h3-4,7,12H,1-2,5-6H2,(H,13,14).